The van der Waals surface area contributed by atoms with E-state index in [9.17, 15) is 14.4 Å². The van der Waals surface area contributed by atoms with Gasteiger partial charge in [0.1, 0.15) is 5.69 Å². The topological polar surface area (TPSA) is 79.5 Å². The first-order valence-electron chi connectivity index (χ1n) is 8.51. The first kappa shape index (κ1) is 20.9. The molecule has 140 valence electrons. The van der Waals surface area contributed by atoms with E-state index in [-0.39, 0.29) is 29.8 Å². The van der Waals surface area contributed by atoms with Gasteiger partial charge >= 0.3 is 5.97 Å². The normalized spacial score (nSPS) is 11.6. The number of methoxy groups -OCH3 is 1. The summed E-state index contributed by atoms with van der Waals surface area (Å²) < 4.78 is 4.74. The third-order valence-corrected chi connectivity index (χ3v) is 4.10. The van der Waals surface area contributed by atoms with Crippen LogP contribution in [-0.4, -0.2) is 46.7 Å². The summed E-state index contributed by atoms with van der Waals surface area (Å²) in [6.07, 6.45) is 0.392. The zero-order valence-electron chi connectivity index (χ0n) is 16.6. The minimum Gasteiger partial charge on any atom is -0.464 e. The van der Waals surface area contributed by atoms with Crippen LogP contribution in [0.1, 0.15) is 73.1 Å². The van der Waals surface area contributed by atoms with E-state index < -0.39 is 11.5 Å². The van der Waals surface area contributed by atoms with Gasteiger partial charge in [-0.3, -0.25) is 9.59 Å². The van der Waals surface area contributed by atoms with Gasteiger partial charge < -0.3 is 14.6 Å². The lowest BCUT2D eigenvalue weighted by molar-refractivity contribution is -0.136. The average molecular weight is 350 g/mol. The predicted octanol–water partition coefficient (Wildman–Crippen LogP) is 3.27. The number of Topliss-reactive ketones (excluding diaryl/α,β-unsaturated/α-hetero) is 1. The van der Waals surface area contributed by atoms with Crippen molar-refractivity contribution in [3.05, 3.63) is 22.5 Å². The number of aryl methyl sites for hydroxylation is 1. The second-order valence-corrected chi connectivity index (χ2v) is 7.79. The number of hydrogen-bond donors (Lipinski definition) is 1. The van der Waals surface area contributed by atoms with E-state index in [1.54, 1.807) is 18.7 Å². The van der Waals surface area contributed by atoms with Gasteiger partial charge in [-0.1, -0.05) is 13.8 Å². The molecule has 1 rings (SSSR count). The lowest BCUT2D eigenvalue weighted by Gasteiger charge is -2.36. The van der Waals surface area contributed by atoms with Crippen LogP contribution in [0.4, 0.5) is 0 Å². The number of ether oxygens (including phenoxy) is 1. The van der Waals surface area contributed by atoms with Crippen LogP contribution in [0.25, 0.3) is 0 Å². The summed E-state index contributed by atoms with van der Waals surface area (Å²) in [7, 11) is 1.30. The standard InChI is InChI=1S/C19H30N2O4/c1-11(2)9-15(23)21(19(5,6)7)10-14(22)16-12(3)17(18(24)25-8)20-13(16)4/h11,20H,9-10H2,1-8H3. The molecule has 0 aliphatic carbocycles. The van der Waals surface area contributed by atoms with E-state index >= 15 is 0 Å². The number of aromatic amines is 1. The number of esters is 1. The molecule has 6 nitrogen and oxygen atoms in total. The van der Waals surface area contributed by atoms with Crippen molar-refractivity contribution < 1.29 is 19.1 Å². The van der Waals surface area contributed by atoms with Crippen LogP contribution in [-0.2, 0) is 9.53 Å². The first-order chi connectivity index (χ1) is 11.4. The van der Waals surface area contributed by atoms with Crippen LogP contribution in [0.3, 0.4) is 0 Å². The number of H-pyrrole nitrogens is 1. The van der Waals surface area contributed by atoms with Gasteiger partial charge in [0.15, 0.2) is 5.78 Å². The van der Waals surface area contributed by atoms with Crippen LogP contribution in [0, 0.1) is 19.8 Å². The molecule has 0 aliphatic rings. The van der Waals surface area contributed by atoms with Crippen molar-refractivity contribution in [3.8, 4) is 0 Å². The third kappa shape index (κ3) is 4.94. The number of carbonyl (C=O) groups is 3. The largest absolute Gasteiger partial charge is 0.464 e. The molecule has 25 heavy (non-hydrogen) atoms. The second kappa shape index (κ2) is 7.85. The second-order valence-electron chi connectivity index (χ2n) is 7.79. The van der Waals surface area contributed by atoms with Gasteiger partial charge in [-0.2, -0.15) is 0 Å². The fourth-order valence-corrected chi connectivity index (χ4v) is 2.86. The highest BCUT2D eigenvalue weighted by molar-refractivity contribution is 6.04. The van der Waals surface area contributed by atoms with Crippen molar-refractivity contribution >= 4 is 17.7 Å². The van der Waals surface area contributed by atoms with E-state index in [1.807, 2.05) is 34.6 Å². The Morgan fingerprint density at radius 3 is 2.16 bits per heavy atom. The molecular formula is C19H30N2O4. The molecule has 1 heterocycles. The van der Waals surface area contributed by atoms with Crippen LogP contribution < -0.4 is 0 Å². The minimum atomic E-state index is -0.511. The Bertz CT molecular complexity index is 666. The van der Waals surface area contributed by atoms with Crippen LogP contribution in [0.2, 0.25) is 0 Å². The molecule has 0 fully saturated rings. The number of amides is 1. The fraction of sp³-hybridized carbons (Fsp3) is 0.632. The lowest BCUT2D eigenvalue weighted by Crippen LogP contribution is -2.48. The molecule has 0 saturated heterocycles. The van der Waals surface area contributed by atoms with Gasteiger partial charge in [0, 0.05) is 23.2 Å². The number of rotatable bonds is 6. The fourth-order valence-electron chi connectivity index (χ4n) is 2.86. The molecule has 0 bridgehead atoms. The summed E-state index contributed by atoms with van der Waals surface area (Å²) in [5.74, 6) is -0.527. The van der Waals surface area contributed by atoms with E-state index in [0.717, 1.165) is 0 Å². The summed E-state index contributed by atoms with van der Waals surface area (Å²) in [6, 6.07) is 0. The van der Waals surface area contributed by atoms with Gasteiger partial charge in [0.05, 0.1) is 13.7 Å². The van der Waals surface area contributed by atoms with Crippen LogP contribution in [0.15, 0.2) is 0 Å². The van der Waals surface area contributed by atoms with Gasteiger partial charge in [0.2, 0.25) is 5.91 Å². The maximum Gasteiger partial charge on any atom is 0.354 e. The highest BCUT2D eigenvalue weighted by Crippen LogP contribution is 2.22. The molecule has 1 N–H and O–H groups in total. The SMILES string of the molecule is COC(=O)c1[nH]c(C)c(C(=O)CN(C(=O)CC(C)C)C(C)(C)C)c1C. The molecule has 6 heteroatoms. The number of aromatic nitrogens is 1. The highest BCUT2D eigenvalue weighted by atomic mass is 16.5. The lowest BCUT2D eigenvalue weighted by atomic mass is 9.99. The quantitative estimate of drug-likeness (QED) is 0.631. The Morgan fingerprint density at radius 2 is 1.72 bits per heavy atom. The Kier molecular flexibility index (Phi) is 6.57. The number of nitrogens with one attached hydrogen (secondary N) is 1. The zero-order chi connectivity index (χ0) is 19.5. The molecule has 1 amide bonds. The average Bonchev–Trinajstić information content (AvgIpc) is 2.76. The maximum absolute atomic E-state index is 12.9. The minimum absolute atomic E-state index is 0.0187. The van der Waals surface area contributed by atoms with E-state index in [4.69, 9.17) is 4.74 Å². The zero-order valence-corrected chi connectivity index (χ0v) is 16.6. The maximum atomic E-state index is 12.9. The van der Waals surface area contributed by atoms with Crippen molar-refractivity contribution in [2.24, 2.45) is 5.92 Å². The van der Waals surface area contributed by atoms with Crippen molar-refractivity contribution in [1.29, 1.82) is 0 Å². The molecule has 0 radical (unpaired) electrons. The van der Waals surface area contributed by atoms with E-state index in [0.29, 0.717) is 23.2 Å². The van der Waals surface area contributed by atoms with Crippen LogP contribution >= 0.6 is 0 Å². The Balaban J connectivity index is 3.16. The molecule has 0 aliphatic heterocycles. The summed E-state index contributed by atoms with van der Waals surface area (Å²) in [5.41, 5.74) is 1.42. The van der Waals surface area contributed by atoms with Gasteiger partial charge in [0.25, 0.3) is 0 Å². The van der Waals surface area contributed by atoms with Crippen LogP contribution in [0.5, 0.6) is 0 Å². The molecular weight excluding hydrogens is 320 g/mol. The van der Waals surface area contributed by atoms with E-state index in [2.05, 4.69) is 4.98 Å². The summed E-state index contributed by atoms with van der Waals surface area (Å²) >= 11 is 0. The van der Waals surface area contributed by atoms with Gasteiger partial charge in [-0.05, 0) is 46.1 Å². The first-order valence-corrected chi connectivity index (χ1v) is 8.51. The summed E-state index contributed by atoms with van der Waals surface area (Å²) in [5, 5.41) is 0. The molecule has 0 saturated carbocycles. The molecule has 0 atom stereocenters. The molecule has 1 aromatic rings. The molecule has 0 aromatic carbocycles. The monoisotopic (exact) mass is 350 g/mol. The Hall–Kier alpha value is -2.11. The molecule has 1 aromatic heterocycles. The Morgan fingerprint density at radius 1 is 1.16 bits per heavy atom. The van der Waals surface area contributed by atoms with Gasteiger partial charge in [-0.15, -0.1) is 0 Å². The van der Waals surface area contributed by atoms with Crippen molar-refractivity contribution in [3.63, 3.8) is 0 Å². The smallest absolute Gasteiger partial charge is 0.354 e. The Labute approximate surface area is 149 Å². The molecule has 0 unspecified atom stereocenters. The number of hydrogen-bond acceptors (Lipinski definition) is 4. The number of carbonyl (C=O) groups excluding carboxylic acids is 3. The number of nitrogens with zero attached hydrogens (tertiary/aromatic N) is 1. The molecule has 0 spiro atoms. The third-order valence-electron chi connectivity index (χ3n) is 4.10. The summed E-state index contributed by atoms with van der Waals surface area (Å²) in [4.78, 5) is 41.8. The van der Waals surface area contributed by atoms with Gasteiger partial charge in [-0.25, -0.2) is 4.79 Å². The highest BCUT2D eigenvalue weighted by Gasteiger charge is 2.31. The van der Waals surface area contributed by atoms with Crippen molar-refractivity contribution in [2.45, 2.75) is 60.4 Å². The van der Waals surface area contributed by atoms with Crippen molar-refractivity contribution in [1.82, 2.24) is 9.88 Å². The summed E-state index contributed by atoms with van der Waals surface area (Å²) in [6.45, 7) is 13.1. The van der Waals surface area contributed by atoms with E-state index in [1.165, 1.54) is 7.11 Å². The number of ketones is 1. The predicted molar refractivity (Wildman–Crippen MR) is 96.9 cm³/mol. The van der Waals surface area contributed by atoms with Crippen molar-refractivity contribution in [2.75, 3.05) is 13.7 Å².